The van der Waals surface area contributed by atoms with E-state index in [0.717, 1.165) is 0 Å². The SMILES string of the molecule is CC(N(C)C)S(=O)O. The smallest absolute Gasteiger partial charge is 0.170 e. The molecule has 0 aromatic rings. The number of rotatable bonds is 2. The fraction of sp³-hybridized carbons (Fsp3) is 1.00. The van der Waals surface area contributed by atoms with E-state index in [4.69, 9.17) is 4.55 Å². The molecule has 0 aromatic heterocycles. The Bertz CT molecular complexity index is 94.0. The van der Waals surface area contributed by atoms with Crippen molar-refractivity contribution in [3.8, 4) is 0 Å². The first-order valence-electron chi connectivity index (χ1n) is 2.31. The Morgan fingerprint density at radius 2 is 2.00 bits per heavy atom. The summed E-state index contributed by atoms with van der Waals surface area (Å²) >= 11 is -1.71. The highest BCUT2D eigenvalue weighted by atomic mass is 32.2. The zero-order chi connectivity index (χ0) is 6.73. The normalized spacial score (nSPS) is 18.6. The van der Waals surface area contributed by atoms with Crippen molar-refractivity contribution in [1.82, 2.24) is 4.90 Å². The third kappa shape index (κ3) is 2.40. The van der Waals surface area contributed by atoms with Gasteiger partial charge in [-0.3, -0.25) is 4.90 Å². The van der Waals surface area contributed by atoms with Gasteiger partial charge in [-0.1, -0.05) is 0 Å². The highest BCUT2D eigenvalue weighted by Gasteiger charge is 2.08. The minimum Gasteiger partial charge on any atom is -0.305 e. The lowest BCUT2D eigenvalue weighted by Crippen LogP contribution is -2.28. The van der Waals surface area contributed by atoms with Crippen molar-refractivity contribution in [2.45, 2.75) is 12.3 Å². The fourth-order valence-electron chi connectivity index (χ4n) is 0.180. The Kier molecular flexibility index (Phi) is 3.19. The second-order valence-corrected chi connectivity index (χ2v) is 3.07. The molecule has 0 heterocycles. The minimum absolute atomic E-state index is 0.269. The summed E-state index contributed by atoms with van der Waals surface area (Å²) in [6.45, 7) is 1.69. The lowest BCUT2D eigenvalue weighted by atomic mass is 10.7. The summed E-state index contributed by atoms with van der Waals surface area (Å²) in [5.41, 5.74) is 0. The van der Waals surface area contributed by atoms with E-state index in [-0.39, 0.29) is 5.37 Å². The van der Waals surface area contributed by atoms with Crippen molar-refractivity contribution in [3.05, 3.63) is 0 Å². The van der Waals surface area contributed by atoms with E-state index >= 15 is 0 Å². The largest absolute Gasteiger partial charge is 0.305 e. The van der Waals surface area contributed by atoms with Crippen molar-refractivity contribution >= 4 is 11.1 Å². The minimum atomic E-state index is -1.71. The monoisotopic (exact) mass is 137 g/mol. The molecule has 3 nitrogen and oxygen atoms in total. The molecule has 0 aliphatic heterocycles. The molecule has 50 valence electrons. The molecule has 0 aliphatic carbocycles. The lowest BCUT2D eigenvalue weighted by molar-refractivity contribution is 0.375. The van der Waals surface area contributed by atoms with Crippen molar-refractivity contribution in [2.24, 2.45) is 0 Å². The molecule has 0 rings (SSSR count). The van der Waals surface area contributed by atoms with Crippen LogP contribution in [0.4, 0.5) is 0 Å². The Morgan fingerprint density at radius 3 is 2.00 bits per heavy atom. The van der Waals surface area contributed by atoms with Crippen LogP contribution in [0.2, 0.25) is 0 Å². The second kappa shape index (κ2) is 3.17. The fourth-order valence-corrected chi connectivity index (χ4v) is 0.541. The van der Waals surface area contributed by atoms with Crippen molar-refractivity contribution in [1.29, 1.82) is 0 Å². The van der Waals surface area contributed by atoms with Crippen molar-refractivity contribution in [2.75, 3.05) is 14.1 Å². The molecule has 1 N–H and O–H groups in total. The Balaban J connectivity index is 3.64. The van der Waals surface area contributed by atoms with Gasteiger partial charge in [-0.15, -0.1) is 0 Å². The maximum atomic E-state index is 10.2. The van der Waals surface area contributed by atoms with Crippen LogP contribution in [0.25, 0.3) is 0 Å². The van der Waals surface area contributed by atoms with E-state index in [1.54, 1.807) is 25.9 Å². The number of hydrogen-bond donors (Lipinski definition) is 1. The van der Waals surface area contributed by atoms with E-state index in [9.17, 15) is 4.21 Å². The lowest BCUT2D eigenvalue weighted by Gasteiger charge is -2.14. The first-order chi connectivity index (χ1) is 3.55. The molecule has 0 saturated carbocycles. The van der Waals surface area contributed by atoms with Gasteiger partial charge >= 0.3 is 0 Å². The van der Waals surface area contributed by atoms with E-state index in [1.165, 1.54) is 0 Å². The summed E-state index contributed by atoms with van der Waals surface area (Å²) in [6.07, 6.45) is 0. The molecule has 0 fully saturated rings. The topological polar surface area (TPSA) is 40.5 Å². The highest BCUT2D eigenvalue weighted by Crippen LogP contribution is 1.93. The maximum absolute atomic E-state index is 10.2. The summed E-state index contributed by atoms with van der Waals surface area (Å²) in [4.78, 5) is 1.69. The van der Waals surface area contributed by atoms with Crippen LogP contribution < -0.4 is 0 Å². The molecule has 0 amide bonds. The first kappa shape index (κ1) is 8.07. The summed E-state index contributed by atoms with van der Waals surface area (Å²) in [5, 5.41) is -0.269. The van der Waals surface area contributed by atoms with Crippen molar-refractivity contribution in [3.63, 3.8) is 0 Å². The molecule has 0 saturated heterocycles. The van der Waals surface area contributed by atoms with Gasteiger partial charge in [-0.2, -0.15) is 0 Å². The average molecular weight is 137 g/mol. The molecule has 2 atom stereocenters. The number of nitrogens with zero attached hydrogens (tertiary/aromatic N) is 1. The first-order valence-corrected chi connectivity index (χ1v) is 3.48. The van der Waals surface area contributed by atoms with Gasteiger partial charge in [0.15, 0.2) is 11.1 Å². The van der Waals surface area contributed by atoms with Crippen LogP contribution in [0.1, 0.15) is 6.92 Å². The van der Waals surface area contributed by atoms with Gasteiger partial charge in [0.05, 0.1) is 0 Å². The summed E-state index contributed by atoms with van der Waals surface area (Å²) in [5.74, 6) is 0. The third-order valence-corrected chi connectivity index (χ3v) is 2.02. The molecule has 8 heavy (non-hydrogen) atoms. The van der Waals surface area contributed by atoms with Crippen LogP contribution in [0.15, 0.2) is 0 Å². The Hall–Kier alpha value is 0.0700. The Morgan fingerprint density at radius 1 is 1.62 bits per heavy atom. The number of hydrogen-bond acceptors (Lipinski definition) is 2. The highest BCUT2D eigenvalue weighted by molar-refractivity contribution is 7.79. The zero-order valence-electron chi connectivity index (χ0n) is 5.29. The van der Waals surface area contributed by atoms with Gasteiger partial charge in [-0.05, 0) is 21.0 Å². The van der Waals surface area contributed by atoms with Gasteiger partial charge < -0.3 is 4.55 Å². The van der Waals surface area contributed by atoms with E-state index in [1.807, 2.05) is 0 Å². The molecule has 0 radical (unpaired) electrons. The Labute approximate surface area is 52.0 Å². The van der Waals surface area contributed by atoms with Gasteiger partial charge in [0.1, 0.15) is 5.37 Å². The van der Waals surface area contributed by atoms with E-state index in [2.05, 4.69) is 0 Å². The molecule has 0 aliphatic rings. The van der Waals surface area contributed by atoms with Crippen LogP contribution >= 0.6 is 0 Å². The van der Waals surface area contributed by atoms with Crippen LogP contribution in [-0.2, 0) is 11.1 Å². The van der Waals surface area contributed by atoms with Crippen LogP contribution in [-0.4, -0.2) is 33.1 Å². The van der Waals surface area contributed by atoms with E-state index in [0.29, 0.717) is 0 Å². The predicted octanol–water partition coefficient (Wildman–Crippen LogP) is 0.116. The molecule has 4 heteroatoms. The maximum Gasteiger partial charge on any atom is 0.170 e. The quantitative estimate of drug-likeness (QED) is 0.549. The molecule has 0 spiro atoms. The summed E-state index contributed by atoms with van der Waals surface area (Å²) in [6, 6.07) is 0. The molecule has 2 unspecified atom stereocenters. The predicted molar refractivity (Wildman–Crippen MR) is 33.9 cm³/mol. The average Bonchev–Trinajstić information content (AvgIpc) is 1.64. The second-order valence-electron chi connectivity index (χ2n) is 1.84. The molecular formula is C4H11NO2S. The summed E-state index contributed by atoms with van der Waals surface area (Å²) in [7, 11) is 3.53. The van der Waals surface area contributed by atoms with Gasteiger partial charge in [0, 0.05) is 0 Å². The third-order valence-electron chi connectivity index (χ3n) is 1.02. The summed E-state index contributed by atoms with van der Waals surface area (Å²) < 4.78 is 18.6. The molecule has 0 aromatic carbocycles. The van der Waals surface area contributed by atoms with Gasteiger partial charge in [0.2, 0.25) is 0 Å². The van der Waals surface area contributed by atoms with E-state index < -0.39 is 11.1 Å². The van der Waals surface area contributed by atoms with Gasteiger partial charge in [-0.25, -0.2) is 4.21 Å². The van der Waals surface area contributed by atoms with Crippen molar-refractivity contribution < 1.29 is 8.76 Å². The molecular weight excluding hydrogens is 126 g/mol. The van der Waals surface area contributed by atoms with Crippen LogP contribution in [0.5, 0.6) is 0 Å². The van der Waals surface area contributed by atoms with Gasteiger partial charge in [0.25, 0.3) is 0 Å². The van der Waals surface area contributed by atoms with Crippen LogP contribution in [0.3, 0.4) is 0 Å². The van der Waals surface area contributed by atoms with Crippen LogP contribution in [0, 0.1) is 0 Å². The zero-order valence-corrected chi connectivity index (χ0v) is 6.10. The standard InChI is InChI=1S/C4H11NO2S/c1-4(5(2)3)8(6)7/h4H,1-3H3,(H,6,7). The molecule has 0 bridgehead atoms.